The van der Waals surface area contributed by atoms with Crippen LogP contribution in [-0.2, 0) is 15.6 Å². The molecule has 1 atom stereocenters. The molecule has 2 aromatic heterocycles. The molecule has 0 amide bonds. The van der Waals surface area contributed by atoms with E-state index in [4.69, 9.17) is 16.6 Å². The minimum absolute atomic E-state index is 0.123. The summed E-state index contributed by atoms with van der Waals surface area (Å²) in [7, 11) is -3.37. The van der Waals surface area contributed by atoms with Gasteiger partial charge in [0.2, 0.25) is 0 Å². The van der Waals surface area contributed by atoms with E-state index in [1.807, 2.05) is 54.6 Å². The average molecular weight is 504 g/mol. The molecule has 1 aliphatic heterocycles. The first-order valence-electron chi connectivity index (χ1n) is 11.4. The molecule has 8 heteroatoms. The number of anilines is 1. The van der Waals surface area contributed by atoms with Gasteiger partial charge in [0.25, 0.3) is 0 Å². The SMILES string of the molecule is O=S(=O)(Cc1c2c(nc(-c3ccccc3)c1-c1cc(Cl)c3ncccc3c1)NC(O)C=C2)C1CC1. The van der Waals surface area contributed by atoms with Gasteiger partial charge in [-0.05, 0) is 48.2 Å². The maximum absolute atomic E-state index is 13.3. The third-order valence-corrected chi connectivity index (χ3v) is 8.91. The van der Waals surface area contributed by atoms with Crippen LogP contribution < -0.4 is 5.32 Å². The molecular formula is C27H22ClN3O3S. The molecular weight excluding hydrogens is 482 g/mol. The summed E-state index contributed by atoms with van der Waals surface area (Å²) in [6.45, 7) is 0. The lowest BCUT2D eigenvalue weighted by Gasteiger charge is -2.25. The first-order chi connectivity index (χ1) is 16.9. The summed E-state index contributed by atoms with van der Waals surface area (Å²) in [5.74, 6) is 0.333. The van der Waals surface area contributed by atoms with E-state index in [1.165, 1.54) is 0 Å². The van der Waals surface area contributed by atoms with E-state index >= 15 is 0 Å². The average Bonchev–Trinajstić information content (AvgIpc) is 3.70. The Kier molecular flexibility index (Phi) is 5.36. The normalized spacial score (nSPS) is 17.3. The number of rotatable bonds is 5. The second kappa shape index (κ2) is 8.45. The van der Waals surface area contributed by atoms with Gasteiger partial charge in [-0.1, -0.05) is 54.1 Å². The van der Waals surface area contributed by atoms with Gasteiger partial charge >= 0.3 is 0 Å². The molecule has 1 aliphatic carbocycles. The molecule has 2 aromatic carbocycles. The number of aliphatic hydroxyl groups excluding tert-OH is 1. The number of benzene rings is 2. The summed E-state index contributed by atoms with van der Waals surface area (Å²) in [5.41, 5.74) is 4.94. The lowest BCUT2D eigenvalue weighted by atomic mass is 9.90. The van der Waals surface area contributed by atoms with Gasteiger partial charge in [0.15, 0.2) is 9.84 Å². The summed E-state index contributed by atoms with van der Waals surface area (Å²) in [6.07, 6.45) is 5.52. The van der Waals surface area contributed by atoms with Crippen LogP contribution in [0.3, 0.4) is 0 Å². The van der Waals surface area contributed by atoms with Gasteiger partial charge in [0.1, 0.15) is 12.0 Å². The van der Waals surface area contributed by atoms with Crippen molar-refractivity contribution in [1.29, 1.82) is 0 Å². The molecule has 6 nitrogen and oxygen atoms in total. The Morgan fingerprint density at radius 2 is 1.86 bits per heavy atom. The molecule has 2 aliphatic rings. The van der Waals surface area contributed by atoms with Crippen LogP contribution in [0.4, 0.5) is 5.82 Å². The monoisotopic (exact) mass is 503 g/mol. The van der Waals surface area contributed by atoms with E-state index in [9.17, 15) is 13.5 Å². The predicted molar refractivity (Wildman–Crippen MR) is 140 cm³/mol. The van der Waals surface area contributed by atoms with Gasteiger partial charge in [-0.3, -0.25) is 4.98 Å². The fourth-order valence-corrected chi connectivity index (χ4v) is 6.69. The van der Waals surface area contributed by atoms with Crippen LogP contribution in [0.2, 0.25) is 5.02 Å². The van der Waals surface area contributed by atoms with E-state index < -0.39 is 16.1 Å². The zero-order chi connectivity index (χ0) is 24.2. The molecule has 4 aromatic rings. The molecule has 1 saturated carbocycles. The Bertz CT molecular complexity index is 1600. The quantitative estimate of drug-likeness (QED) is 0.376. The minimum Gasteiger partial charge on any atom is -0.370 e. The Hall–Kier alpha value is -3.26. The summed E-state index contributed by atoms with van der Waals surface area (Å²) in [6, 6.07) is 17.2. The number of aliphatic hydroxyl groups is 1. The van der Waals surface area contributed by atoms with Crippen LogP contribution in [0.1, 0.15) is 24.0 Å². The van der Waals surface area contributed by atoms with E-state index in [0.717, 1.165) is 22.1 Å². The highest BCUT2D eigenvalue weighted by Gasteiger charge is 2.37. The topological polar surface area (TPSA) is 92.2 Å². The standard InChI is InChI=1S/C27H22ClN3O3S/c28-22-14-18(13-17-7-4-12-29-25(17)22)24-21(15-35(33,34)19-8-9-19)20-10-11-23(32)30-27(20)31-26(24)16-5-2-1-3-6-16/h1-7,10-14,19,23,32H,8-9,15H2,(H,30,31). The van der Waals surface area contributed by atoms with Crippen LogP contribution >= 0.6 is 11.6 Å². The number of pyridine rings is 2. The number of sulfone groups is 1. The van der Waals surface area contributed by atoms with Crippen molar-refractivity contribution >= 4 is 44.2 Å². The maximum Gasteiger partial charge on any atom is 0.157 e. The van der Waals surface area contributed by atoms with Crippen molar-refractivity contribution in [1.82, 2.24) is 9.97 Å². The van der Waals surface area contributed by atoms with E-state index in [0.29, 0.717) is 46.0 Å². The fraction of sp³-hybridized carbons (Fsp3) is 0.185. The molecule has 1 fully saturated rings. The summed E-state index contributed by atoms with van der Waals surface area (Å²) < 4.78 is 26.5. The van der Waals surface area contributed by atoms with Crippen molar-refractivity contribution < 1.29 is 13.5 Å². The molecule has 6 rings (SSSR count). The molecule has 0 spiro atoms. The predicted octanol–water partition coefficient (Wildman–Crippen LogP) is 5.45. The third kappa shape index (κ3) is 4.10. The summed E-state index contributed by atoms with van der Waals surface area (Å²) >= 11 is 6.66. The lowest BCUT2D eigenvalue weighted by Crippen LogP contribution is -2.22. The summed E-state index contributed by atoms with van der Waals surface area (Å²) in [5, 5.41) is 14.2. The Balaban J connectivity index is 1.70. The fourth-order valence-electron chi connectivity index (χ4n) is 4.62. The van der Waals surface area contributed by atoms with Crippen LogP contribution in [0.25, 0.3) is 39.4 Å². The van der Waals surface area contributed by atoms with Crippen molar-refractivity contribution in [3.05, 3.63) is 83.0 Å². The highest BCUT2D eigenvalue weighted by atomic mass is 35.5. The Morgan fingerprint density at radius 3 is 2.63 bits per heavy atom. The van der Waals surface area contributed by atoms with Gasteiger partial charge in [-0.25, -0.2) is 13.4 Å². The van der Waals surface area contributed by atoms with Crippen molar-refractivity contribution in [3.63, 3.8) is 0 Å². The van der Waals surface area contributed by atoms with Crippen LogP contribution in [-0.4, -0.2) is 35.0 Å². The number of nitrogens with zero attached hydrogens (tertiary/aromatic N) is 2. The Morgan fingerprint density at radius 1 is 1.06 bits per heavy atom. The smallest absolute Gasteiger partial charge is 0.157 e. The van der Waals surface area contributed by atoms with Gasteiger partial charge in [0, 0.05) is 28.3 Å². The second-order valence-corrected chi connectivity index (χ2v) is 11.6. The molecule has 2 N–H and O–H groups in total. The minimum atomic E-state index is -3.37. The molecule has 0 radical (unpaired) electrons. The first kappa shape index (κ1) is 22.2. The van der Waals surface area contributed by atoms with Crippen molar-refractivity contribution in [2.75, 3.05) is 5.32 Å². The number of nitrogens with one attached hydrogen (secondary N) is 1. The number of hydrogen-bond donors (Lipinski definition) is 2. The van der Waals surface area contributed by atoms with Gasteiger partial charge in [0.05, 0.1) is 27.2 Å². The highest BCUT2D eigenvalue weighted by Crippen LogP contribution is 2.43. The van der Waals surface area contributed by atoms with Gasteiger partial charge in [-0.2, -0.15) is 0 Å². The molecule has 3 heterocycles. The molecule has 1 unspecified atom stereocenters. The van der Waals surface area contributed by atoms with E-state index in [-0.39, 0.29) is 11.0 Å². The number of halogens is 1. The van der Waals surface area contributed by atoms with E-state index in [2.05, 4.69) is 10.3 Å². The number of aromatic nitrogens is 2. The first-order valence-corrected chi connectivity index (χ1v) is 13.5. The highest BCUT2D eigenvalue weighted by molar-refractivity contribution is 7.91. The lowest BCUT2D eigenvalue weighted by molar-refractivity contribution is 0.251. The zero-order valence-corrected chi connectivity index (χ0v) is 20.2. The van der Waals surface area contributed by atoms with Crippen molar-refractivity contribution in [2.45, 2.75) is 30.1 Å². The van der Waals surface area contributed by atoms with E-state index in [1.54, 1.807) is 18.3 Å². The number of hydrogen-bond acceptors (Lipinski definition) is 6. The molecule has 0 bridgehead atoms. The second-order valence-electron chi connectivity index (χ2n) is 8.93. The largest absolute Gasteiger partial charge is 0.370 e. The molecule has 0 saturated heterocycles. The zero-order valence-electron chi connectivity index (χ0n) is 18.6. The van der Waals surface area contributed by atoms with Crippen LogP contribution in [0, 0.1) is 0 Å². The van der Waals surface area contributed by atoms with Crippen LogP contribution in [0.5, 0.6) is 0 Å². The van der Waals surface area contributed by atoms with Gasteiger partial charge < -0.3 is 10.4 Å². The van der Waals surface area contributed by atoms with Crippen LogP contribution in [0.15, 0.2) is 66.9 Å². The Labute approximate surface area is 208 Å². The molecule has 35 heavy (non-hydrogen) atoms. The number of fused-ring (bicyclic) bond motifs is 2. The third-order valence-electron chi connectivity index (χ3n) is 6.44. The van der Waals surface area contributed by atoms with Crippen molar-refractivity contribution in [3.8, 4) is 22.4 Å². The maximum atomic E-state index is 13.3. The summed E-state index contributed by atoms with van der Waals surface area (Å²) in [4.78, 5) is 9.29. The van der Waals surface area contributed by atoms with Crippen molar-refractivity contribution in [2.24, 2.45) is 0 Å². The van der Waals surface area contributed by atoms with Gasteiger partial charge in [-0.15, -0.1) is 0 Å². The molecule has 176 valence electrons.